The van der Waals surface area contributed by atoms with Crippen molar-refractivity contribution in [2.75, 3.05) is 0 Å². The van der Waals surface area contributed by atoms with E-state index in [1.54, 1.807) is 39.8 Å². The van der Waals surface area contributed by atoms with Gasteiger partial charge in [-0.1, -0.05) is 0 Å². The van der Waals surface area contributed by atoms with E-state index < -0.39 is 22.6 Å². The van der Waals surface area contributed by atoms with E-state index in [0.29, 0.717) is 11.6 Å². The fourth-order valence-corrected chi connectivity index (χ4v) is 2.46. The molecular formula is C17H20N4O5. The molecule has 3 aromatic heterocycles. The van der Waals surface area contributed by atoms with Crippen molar-refractivity contribution < 1.29 is 13.9 Å². The highest BCUT2D eigenvalue weighted by Gasteiger charge is 2.24. The van der Waals surface area contributed by atoms with E-state index in [9.17, 15) is 14.4 Å². The number of aromatic amines is 1. The zero-order valence-corrected chi connectivity index (χ0v) is 15.0. The van der Waals surface area contributed by atoms with Crippen LogP contribution < -0.4 is 11.2 Å². The summed E-state index contributed by atoms with van der Waals surface area (Å²) >= 11 is 0. The van der Waals surface area contributed by atoms with Gasteiger partial charge in [-0.2, -0.15) is 0 Å². The number of esters is 1. The van der Waals surface area contributed by atoms with Gasteiger partial charge in [-0.25, -0.2) is 9.78 Å². The minimum Gasteiger partial charge on any atom is -0.467 e. The lowest BCUT2D eigenvalue weighted by molar-refractivity contribution is -0.156. The molecule has 9 nitrogen and oxygen atoms in total. The lowest BCUT2D eigenvalue weighted by Crippen LogP contribution is -2.36. The molecule has 0 radical (unpaired) electrons. The number of imidazole rings is 1. The minimum atomic E-state index is -0.669. The lowest BCUT2D eigenvalue weighted by Gasteiger charge is -2.17. The Morgan fingerprint density at radius 3 is 2.65 bits per heavy atom. The molecule has 0 aliphatic rings. The monoisotopic (exact) mass is 360 g/mol. The second-order valence-electron chi connectivity index (χ2n) is 7.00. The van der Waals surface area contributed by atoms with Gasteiger partial charge >= 0.3 is 11.7 Å². The summed E-state index contributed by atoms with van der Waals surface area (Å²) in [6.07, 6.45) is 1.47. The zero-order chi connectivity index (χ0) is 19.1. The average molecular weight is 360 g/mol. The number of furan rings is 1. The third-order valence-electron chi connectivity index (χ3n) is 3.91. The molecule has 3 aromatic rings. The maximum Gasteiger partial charge on any atom is 0.330 e. The van der Waals surface area contributed by atoms with Crippen molar-refractivity contribution in [1.82, 2.24) is 19.1 Å². The van der Waals surface area contributed by atoms with Gasteiger partial charge in [0.25, 0.3) is 5.56 Å². The number of rotatable bonds is 4. The number of nitrogens with zero attached hydrogens (tertiary/aromatic N) is 3. The molecule has 0 fully saturated rings. The van der Waals surface area contributed by atoms with E-state index in [2.05, 4.69) is 9.97 Å². The number of ether oxygens (including phenoxy) is 1. The van der Waals surface area contributed by atoms with E-state index in [1.807, 2.05) is 0 Å². The van der Waals surface area contributed by atoms with E-state index in [0.717, 1.165) is 4.57 Å². The van der Waals surface area contributed by atoms with Crippen molar-refractivity contribution in [3.63, 3.8) is 0 Å². The average Bonchev–Trinajstić information content (AvgIpc) is 3.15. The molecule has 138 valence electrons. The SMILES string of the molecule is Cc1nc2[nH]c(=O)n(Cc3ccco3)c(=O)c2n1COC(=O)C(C)(C)C. The first-order valence-electron chi connectivity index (χ1n) is 8.08. The molecule has 0 atom stereocenters. The number of fused-ring (bicyclic) bond motifs is 1. The Bertz CT molecular complexity index is 1060. The van der Waals surface area contributed by atoms with Crippen molar-refractivity contribution in [2.24, 2.45) is 5.41 Å². The van der Waals surface area contributed by atoms with Crippen LogP contribution in [0.25, 0.3) is 11.2 Å². The molecule has 3 rings (SSSR count). The van der Waals surface area contributed by atoms with E-state index >= 15 is 0 Å². The van der Waals surface area contributed by atoms with Crippen LogP contribution in [0.2, 0.25) is 0 Å². The maximum absolute atomic E-state index is 12.9. The molecule has 0 aliphatic carbocycles. The number of hydrogen-bond acceptors (Lipinski definition) is 6. The number of aromatic nitrogens is 4. The van der Waals surface area contributed by atoms with Gasteiger partial charge in [-0.05, 0) is 39.8 Å². The Morgan fingerprint density at radius 1 is 1.31 bits per heavy atom. The predicted molar refractivity (Wildman–Crippen MR) is 92.7 cm³/mol. The van der Waals surface area contributed by atoms with Crippen LogP contribution >= 0.6 is 0 Å². The van der Waals surface area contributed by atoms with Crippen LogP contribution in [-0.4, -0.2) is 25.1 Å². The molecule has 0 bridgehead atoms. The second kappa shape index (κ2) is 6.32. The van der Waals surface area contributed by atoms with Crippen LogP contribution in [0.5, 0.6) is 0 Å². The van der Waals surface area contributed by atoms with Gasteiger partial charge in [0.1, 0.15) is 11.6 Å². The highest BCUT2D eigenvalue weighted by atomic mass is 16.5. The van der Waals surface area contributed by atoms with Crippen LogP contribution in [0.3, 0.4) is 0 Å². The number of carbonyl (C=O) groups is 1. The summed E-state index contributed by atoms with van der Waals surface area (Å²) in [5.41, 5.74) is -1.48. The standard InChI is InChI=1S/C17H20N4O5/c1-10-18-13-12(21(10)9-26-15(23)17(2,3)4)14(22)20(16(24)19-13)8-11-6-5-7-25-11/h5-7H,8-9H2,1-4H3,(H,19,24). The summed E-state index contributed by atoms with van der Waals surface area (Å²) in [5.74, 6) is 0.517. The molecule has 3 heterocycles. The summed E-state index contributed by atoms with van der Waals surface area (Å²) in [6.45, 7) is 6.70. The Balaban J connectivity index is 2.04. The summed E-state index contributed by atoms with van der Waals surface area (Å²) in [6, 6.07) is 3.34. The fourth-order valence-electron chi connectivity index (χ4n) is 2.46. The highest BCUT2D eigenvalue weighted by Crippen LogP contribution is 2.17. The molecule has 1 N–H and O–H groups in total. The topological polar surface area (TPSA) is 112 Å². The Labute approximate surface area is 148 Å². The molecule has 0 aromatic carbocycles. The predicted octanol–water partition coefficient (Wildman–Crippen LogP) is 1.38. The van der Waals surface area contributed by atoms with Crippen LogP contribution in [0, 0.1) is 12.3 Å². The minimum absolute atomic E-state index is 0.0108. The Hall–Kier alpha value is -3.10. The van der Waals surface area contributed by atoms with Gasteiger partial charge < -0.3 is 9.15 Å². The molecule has 0 saturated carbocycles. The smallest absolute Gasteiger partial charge is 0.330 e. The van der Waals surface area contributed by atoms with Gasteiger partial charge in [0.15, 0.2) is 17.9 Å². The zero-order valence-electron chi connectivity index (χ0n) is 15.0. The van der Waals surface area contributed by atoms with Gasteiger partial charge in [0, 0.05) is 0 Å². The second-order valence-corrected chi connectivity index (χ2v) is 7.00. The summed E-state index contributed by atoms with van der Waals surface area (Å²) in [5, 5.41) is 0. The number of nitrogens with one attached hydrogen (secondary N) is 1. The third kappa shape index (κ3) is 3.19. The third-order valence-corrected chi connectivity index (χ3v) is 3.91. The quantitative estimate of drug-likeness (QED) is 0.704. The first kappa shape index (κ1) is 17.7. The number of carbonyl (C=O) groups excluding carboxylic acids is 1. The van der Waals surface area contributed by atoms with Gasteiger partial charge in [0.05, 0.1) is 18.2 Å². The summed E-state index contributed by atoms with van der Waals surface area (Å²) in [4.78, 5) is 43.9. The lowest BCUT2D eigenvalue weighted by atomic mass is 9.98. The molecule has 9 heteroatoms. The molecule has 0 unspecified atom stereocenters. The normalized spacial score (nSPS) is 11.8. The van der Waals surface area contributed by atoms with Crippen molar-refractivity contribution in [1.29, 1.82) is 0 Å². The number of hydrogen-bond donors (Lipinski definition) is 1. The van der Waals surface area contributed by atoms with Gasteiger partial charge in [0.2, 0.25) is 0 Å². The first-order valence-corrected chi connectivity index (χ1v) is 8.08. The van der Waals surface area contributed by atoms with E-state index in [1.165, 1.54) is 10.8 Å². The highest BCUT2D eigenvalue weighted by molar-refractivity contribution is 5.75. The number of aryl methyl sites for hydroxylation is 1. The van der Waals surface area contributed by atoms with Crippen LogP contribution in [0.4, 0.5) is 0 Å². The van der Waals surface area contributed by atoms with Crippen LogP contribution in [0.1, 0.15) is 32.4 Å². The van der Waals surface area contributed by atoms with Gasteiger partial charge in [-0.15, -0.1) is 0 Å². The molecule has 26 heavy (non-hydrogen) atoms. The summed E-state index contributed by atoms with van der Waals surface area (Å²) < 4.78 is 13.0. The van der Waals surface area contributed by atoms with Crippen molar-refractivity contribution in [2.45, 2.75) is 41.0 Å². The molecular weight excluding hydrogens is 340 g/mol. The Morgan fingerprint density at radius 2 is 2.04 bits per heavy atom. The van der Waals surface area contributed by atoms with Crippen LogP contribution in [0.15, 0.2) is 32.4 Å². The summed E-state index contributed by atoms with van der Waals surface area (Å²) in [7, 11) is 0. The van der Waals surface area contributed by atoms with Crippen molar-refractivity contribution in [3.8, 4) is 0 Å². The van der Waals surface area contributed by atoms with E-state index in [4.69, 9.17) is 9.15 Å². The molecule has 0 amide bonds. The first-order chi connectivity index (χ1) is 12.2. The molecule has 0 aliphatic heterocycles. The number of H-pyrrole nitrogens is 1. The van der Waals surface area contributed by atoms with Crippen LogP contribution in [-0.2, 0) is 22.8 Å². The molecule has 0 saturated heterocycles. The fraction of sp³-hybridized carbons (Fsp3) is 0.412. The maximum atomic E-state index is 12.9. The van der Waals surface area contributed by atoms with Crippen molar-refractivity contribution >= 4 is 17.1 Å². The molecule has 0 spiro atoms. The van der Waals surface area contributed by atoms with Crippen molar-refractivity contribution in [3.05, 3.63) is 50.8 Å². The largest absolute Gasteiger partial charge is 0.467 e. The van der Waals surface area contributed by atoms with E-state index in [-0.39, 0.29) is 24.4 Å². The Kier molecular flexibility index (Phi) is 4.31. The van der Waals surface area contributed by atoms with Gasteiger partial charge in [-0.3, -0.25) is 23.7 Å².